The topological polar surface area (TPSA) is 0 Å². The molecule has 0 unspecified atom stereocenters. The van der Waals surface area contributed by atoms with Crippen molar-refractivity contribution >= 4 is 0 Å². The van der Waals surface area contributed by atoms with Crippen LogP contribution in [0.25, 0.3) is 0 Å². The molecule has 0 saturated heterocycles. The first-order valence-corrected chi connectivity index (χ1v) is 8.53. The standard InChI is InChI=1S/C20H34/c1-3-5-7-9-11-13-15-17-19-20-18-16-14-12-10-8-6-4-2/h5,7,11,13,17-20H,3-4,6,8-10,12,14-16H2,1-2H3/b7-5-,13-11?,19-17?,20-18?. The van der Waals surface area contributed by atoms with E-state index in [1.54, 1.807) is 0 Å². The molecule has 0 heteroatoms. The van der Waals surface area contributed by atoms with Gasteiger partial charge in [0.15, 0.2) is 0 Å². The third-order valence-corrected chi connectivity index (χ3v) is 3.22. The molecule has 0 aromatic carbocycles. The Balaban J connectivity index is 3.32. The monoisotopic (exact) mass is 274 g/mol. The van der Waals surface area contributed by atoms with E-state index in [4.69, 9.17) is 0 Å². The van der Waals surface area contributed by atoms with Gasteiger partial charge in [0, 0.05) is 0 Å². The zero-order valence-electron chi connectivity index (χ0n) is 13.7. The van der Waals surface area contributed by atoms with Crippen LogP contribution in [0.3, 0.4) is 0 Å². The molecule has 0 aliphatic heterocycles. The lowest BCUT2D eigenvalue weighted by Gasteiger charge is -1.97. The molecule has 0 aliphatic carbocycles. The Hall–Kier alpha value is -1.04. The zero-order chi connectivity index (χ0) is 14.7. The van der Waals surface area contributed by atoms with Crippen molar-refractivity contribution in [2.75, 3.05) is 0 Å². The Labute approximate surface area is 127 Å². The summed E-state index contributed by atoms with van der Waals surface area (Å²) in [7, 11) is 0. The summed E-state index contributed by atoms with van der Waals surface area (Å²) in [5.41, 5.74) is 0. The van der Waals surface area contributed by atoms with E-state index in [1.807, 2.05) is 0 Å². The molecule has 0 N–H and O–H groups in total. The van der Waals surface area contributed by atoms with Crippen LogP contribution in [-0.4, -0.2) is 0 Å². The van der Waals surface area contributed by atoms with Gasteiger partial charge < -0.3 is 0 Å². The fourth-order valence-corrected chi connectivity index (χ4v) is 1.99. The SMILES string of the molecule is CC/C=C\CC=CCC=CC=CCCCCCCCC. The minimum atomic E-state index is 1.04. The third kappa shape index (κ3) is 17.0. The van der Waals surface area contributed by atoms with Crippen molar-refractivity contribution in [3.63, 3.8) is 0 Å². The van der Waals surface area contributed by atoms with Gasteiger partial charge in [0.2, 0.25) is 0 Å². The van der Waals surface area contributed by atoms with Crippen molar-refractivity contribution in [2.45, 2.75) is 78.1 Å². The fraction of sp³-hybridized carbons (Fsp3) is 0.600. The van der Waals surface area contributed by atoms with Crippen LogP contribution in [0.15, 0.2) is 48.6 Å². The molecule has 114 valence electrons. The Bertz CT molecular complexity index is 278. The predicted octanol–water partition coefficient (Wildman–Crippen LogP) is 7.15. The highest BCUT2D eigenvalue weighted by Crippen LogP contribution is 2.07. The quantitative estimate of drug-likeness (QED) is 0.190. The largest absolute Gasteiger partial charge is 0.0885 e. The van der Waals surface area contributed by atoms with E-state index >= 15 is 0 Å². The number of allylic oxidation sites excluding steroid dienone is 8. The molecule has 0 spiro atoms. The molecule has 0 aromatic heterocycles. The van der Waals surface area contributed by atoms with Gasteiger partial charge in [-0.15, -0.1) is 0 Å². The molecule has 0 fully saturated rings. The molecule has 0 saturated carbocycles. The Kier molecular flexibility index (Phi) is 17.0. The maximum absolute atomic E-state index is 2.30. The van der Waals surface area contributed by atoms with Crippen molar-refractivity contribution in [1.82, 2.24) is 0 Å². The second-order valence-electron chi connectivity index (χ2n) is 5.24. The molecule has 0 atom stereocenters. The van der Waals surface area contributed by atoms with E-state index in [1.165, 1.54) is 44.9 Å². The lowest BCUT2D eigenvalue weighted by Crippen LogP contribution is -1.77. The summed E-state index contributed by atoms with van der Waals surface area (Å²) in [6.07, 6.45) is 30.6. The van der Waals surface area contributed by atoms with E-state index in [2.05, 4.69) is 62.5 Å². The van der Waals surface area contributed by atoms with Gasteiger partial charge in [-0.05, 0) is 32.1 Å². The van der Waals surface area contributed by atoms with Crippen molar-refractivity contribution in [3.05, 3.63) is 48.6 Å². The summed E-state index contributed by atoms with van der Waals surface area (Å²) < 4.78 is 0. The van der Waals surface area contributed by atoms with Gasteiger partial charge in [0.05, 0.1) is 0 Å². The summed E-state index contributed by atoms with van der Waals surface area (Å²) >= 11 is 0. The second-order valence-corrected chi connectivity index (χ2v) is 5.24. The number of hydrogen-bond donors (Lipinski definition) is 0. The lowest BCUT2D eigenvalue weighted by molar-refractivity contribution is 0.611. The van der Waals surface area contributed by atoms with E-state index in [-0.39, 0.29) is 0 Å². The van der Waals surface area contributed by atoms with Gasteiger partial charge in [-0.25, -0.2) is 0 Å². The first kappa shape index (κ1) is 19.0. The summed E-state index contributed by atoms with van der Waals surface area (Å²) in [5, 5.41) is 0. The Morgan fingerprint density at radius 1 is 0.550 bits per heavy atom. The highest BCUT2D eigenvalue weighted by atomic mass is 13.9. The van der Waals surface area contributed by atoms with Crippen LogP contribution in [0.5, 0.6) is 0 Å². The summed E-state index contributed by atoms with van der Waals surface area (Å²) in [6.45, 7) is 4.44. The van der Waals surface area contributed by atoms with Crippen molar-refractivity contribution < 1.29 is 0 Å². The minimum absolute atomic E-state index is 1.04. The Morgan fingerprint density at radius 2 is 1.15 bits per heavy atom. The molecule has 0 bridgehead atoms. The van der Waals surface area contributed by atoms with Gasteiger partial charge in [-0.1, -0.05) is 94.6 Å². The molecular formula is C20H34. The number of rotatable bonds is 13. The van der Waals surface area contributed by atoms with Crippen molar-refractivity contribution in [1.29, 1.82) is 0 Å². The first-order chi connectivity index (χ1) is 9.91. The van der Waals surface area contributed by atoms with Crippen molar-refractivity contribution in [2.24, 2.45) is 0 Å². The fourth-order valence-electron chi connectivity index (χ4n) is 1.99. The normalized spacial score (nSPS) is 12.7. The van der Waals surface area contributed by atoms with Gasteiger partial charge in [-0.3, -0.25) is 0 Å². The summed E-state index contributed by atoms with van der Waals surface area (Å²) in [5.74, 6) is 0. The van der Waals surface area contributed by atoms with Gasteiger partial charge in [0.1, 0.15) is 0 Å². The molecule has 0 radical (unpaired) electrons. The third-order valence-electron chi connectivity index (χ3n) is 3.22. The molecular weight excluding hydrogens is 240 g/mol. The molecule has 0 aromatic rings. The lowest BCUT2D eigenvalue weighted by atomic mass is 10.1. The minimum Gasteiger partial charge on any atom is -0.0885 e. The molecule has 0 nitrogen and oxygen atoms in total. The number of unbranched alkanes of at least 4 members (excludes halogenated alkanes) is 6. The van der Waals surface area contributed by atoms with Crippen LogP contribution in [0.4, 0.5) is 0 Å². The van der Waals surface area contributed by atoms with E-state index in [0.717, 1.165) is 19.3 Å². The highest BCUT2D eigenvalue weighted by Gasteiger charge is 1.87. The van der Waals surface area contributed by atoms with E-state index in [9.17, 15) is 0 Å². The molecule has 0 aliphatic rings. The highest BCUT2D eigenvalue weighted by molar-refractivity contribution is 5.05. The van der Waals surface area contributed by atoms with Crippen LogP contribution >= 0.6 is 0 Å². The van der Waals surface area contributed by atoms with E-state index in [0.29, 0.717) is 0 Å². The smallest absolute Gasteiger partial charge is 0.0166 e. The van der Waals surface area contributed by atoms with Crippen LogP contribution in [0.1, 0.15) is 78.1 Å². The van der Waals surface area contributed by atoms with Gasteiger partial charge >= 0.3 is 0 Å². The second kappa shape index (κ2) is 18.0. The Morgan fingerprint density at radius 3 is 1.90 bits per heavy atom. The molecule has 20 heavy (non-hydrogen) atoms. The summed E-state index contributed by atoms with van der Waals surface area (Å²) in [6, 6.07) is 0. The van der Waals surface area contributed by atoms with Crippen LogP contribution in [-0.2, 0) is 0 Å². The maximum atomic E-state index is 2.30. The van der Waals surface area contributed by atoms with Gasteiger partial charge in [-0.2, -0.15) is 0 Å². The summed E-state index contributed by atoms with van der Waals surface area (Å²) in [4.78, 5) is 0. The van der Waals surface area contributed by atoms with Gasteiger partial charge in [0.25, 0.3) is 0 Å². The van der Waals surface area contributed by atoms with E-state index < -0.39 is 0 Å². The molecule has 0 rings (SSSR count). The van der Waals surface area contributed by atoms with Crippen LogP contribution in [0, 0.1) is 0 Å². The van der Waals surface area contributed by atoms with Crippen LogP contribution in [0.2, 0.25) is 0 Å². The zero-order valence-corrected chi connectivity index (χ0v) is 13.7. The average Bonchev–Trinajstić information content (AvgIpc) is 2.47. The average molecular weight is 274 g/mol. The first-order valence-electron chi connectivity index (χ1n) is 8.53. The molecule has 0 amide bonds. The maximum Gasteiger partial charge on any atom is -0.0166 e. The molecule has 0 heterocycles. The van der Waals surface area contributed by atoms with Crippen LogP contribution < -0.4 is 0 Å². The predicted molar refractivity (Wildman–Crippen MR) is 94.1 cm³/mol. The van der Waals surface area contributed by atoms with Crippen molar-refractivity contribution in [3.8, 4) is 0 Å². The number of hydrogen-bond acceptors (Lipinski definition) is 0.